The first-order valence-corrected chi connectivity index (χ1v) is 7.97. The van der Waals surface area contributed by atoms with Crippen molar-refractivity contribution in [1.82, 2.24) is 9.47 Å². The molecule has 5 nitrogen and oxygen atoms in total. The zero-order valence-electron chi connectivity index (χ0n) is 13.9. The standard InChI is InChI=1S/C18H22N2O3/c1-12-7-8-15-14(10-12)13-6-4-5-9-19(2)18(22)17(13)20(15)11-16(21)23-3/h7-8,10H,4-6,9,11H2,1-3H3. The van der Waals surface area contributed by atoms with Gasteiger partial charge in [-0.25, -0.2) is 0 Å². The maximum atomic E-state index is 12.9. The number of rotatable bonds is 2. The van der Waals surface area contributed by atoms with E-state index in [4.69, 9.17) is 4.74 Å². The highest BCUT2D eigenvalue weighted by atomic mass is 16.5. The van der Waals surface area contributed by atoms with Crippen molar-refractivity contribution in [3.8, 4) is 0 Å². The van der Waals surface area contributed by atoms with E-state index in [-0.39, 0.29) is 18.4 Å². The van der Waals surface area contributed by atoms with Crippen molar-refractivity contribution in [2.75, 3.05) is 20.7 Å². The van der Waals surface area contributed by atoms with Gasteiger partial charge >= 0.3 is 5.97 Å². The maximum absolute atomic E-state index is 12.9. The SMILES string of the molecule is COC(=O)Cn1c2c(c3cc(C)ccc31)CCCCN(C)C2=O. The molecule has 23 heavy (non-hydrogen) atoms. The third kappa shape index (κ3) is 2.71. The van der Waals surface area contributed by atoms with Gasteiger partial charge in [-0.1, -0.05) is 11.6 Å². The highest BCUT2D eigenvalue weighted by Crippen LogP contribution is 2.31. The van der Waals surface area contributed by atoms with Crippen LogP contribution in [-0.2, 0) is 22.5 Å². The van der Waals surface area contributed by atoms with Gasteiger partial charge in [0.1, 0.15) is 12.2 Å². The molecule has 2 aromatic rings. The summed E-state index contributed by atoms with van der Waals surface area (Å²) in [6, 6.07) is 6.11. The van der Waals surface area contributed by atoms with Crippen LogP contribution in [0.15, 0.2) is 18.2 Å². The molecule has 0 saturated carbocycles. The molecule has 0 aliphatic carbocycles. The van der Waals surface area contributed by atoms with Crippen molar-refractivity contribution in [1.29, 1.82) is 0 Å². The van der Waals surface area contributed by atoms with Gasteiger partial charge in [0, 0.05) is 24.5 Å². The number of esters is 1. The molecule has 1 aromatic heterocycles. The van der Waals surface area contributed by atoms with Crippen molar-refractivity contribution in [2.24, 2.45) is 0 Å². The topological polar surface area (TPSA) is 51.5 Å². The average Bonchev–Trinajstić information content (AvgIpc) is 2.81. The smallest absolute Gasteiger partial charge is 0.325 e. The third-order valence-corrected chi connectivity index (χ3v) is 4.56. The number of carbonyl (C=O) groups is 2. The van der Waals surface area contributed by atoms with Gasteiger partial charge in [-0.3, -0.25) is 9.59 Å². The van der Waals surface area contributed by atoms with Gasteiger partial charge in [0.25, 0.3) is 5.91 Å². The largest absolute Gasteiger partial charge is 0.468 e. The van der Waals surface area contributed by atoms with E-state index in [1.165, 1.54) is 7.11 Å². The van der Waals surface area contributed by atoms with Crippen LogP contribution in [0.1, 0.15) is 34.5 Å². The first kappa shape index (κ1) is 15.6. The van der Waals surface area contributed by atoms with E-state index in [9.17, 15) is 9.59 Å². The molecule has 0 saturated heterocycles. The lowest BCUT2D eigenvalue weighted by atomic mass is 10.0. The van der Waals surface area contributed by atoms with Crippen LogP contribution in [0.5, 0.6) is 0 Å². The fraction of sp³-hybridized carbons (Fsp3) is 0.444. The predicted octanol–water partition coefficient (Wildman–Crippen LogP) is 2.53. The second kappa shape index (κ2) is 6.07. The number of methoxy groups -OCH3 is 1. The summed E-state index contributed by atoms with van der Waals surface area (Å²) in [7, 11) is 3.19. The van der Waals surface area contributed by atoms with Gasteiger partial charge in [-0.15, -0.1) is 0 Å². The molecule has 3 rings (SSSR count). The van der Waals surface area contributed by atoms with Crippen LogP contribution in [0, 0.1) is 6.92 Å². The molecule has 5 heteroatoms. The van der Waals surface area contributed by atoms with Crippen molar-refractivity contribution in [2.45, 2.75) is 32.7 Å². The molecular weight excluding hydrogens is 292 g/mol. The zero-order chi connectivity index (χ0) is 16.6. The number of aromatic nitrogens is 1. The van der Waals surface area contributed by atoms with E-state index < -0.39 is 0 Å². The summed E-state index contributed by atoms with van der Waals surface area (Å²) in [5.74, 6) is -0.361. The summed E-state index contributed by atoms with van der Waals surface area (Å²) in [5.41, 5.74) is 3.77. The normalized spacial score (nSPS) is 15.3. The van der Waals surface area contributed by atoms with Crippen molar-refractivity contribution < 1.29 is 14.3 Å². The number of aryl methyl sites for hydroxylation is 2. The van der Waals surface area contributed by atoms with E-state index in [0.717, 1.165) is 47.8 Å². The number of hydrogen-bond donors (Lipinski definition) is 0. The van der Waals surface area contributed by atoms with Crippen LogP contribution in [0.2, 0.25) is 0 Å². The summed E-state index contributed by atoms with van der Waals surface area (Å²) in [4.78, 5) is 26.5. The van der Waals surface area contributed by atoms with E-state index in [1.54, 1.807) is 4.90 Å². The summed E-state index contributed by atoms with van der Waals surface area (Å²) in [5, 5.41) is 1.08. The van der Waals surface area contributed by atoms with E-state index in [0.29, 0.717) is 5.69 Å². The second-order valence-electron chi connectivity index (χ2n) is 6.19. The first-order valence-electron chi connectivity index (χ1n) is 7.97. The Labute approximate surface area is 135 Å². The van der Waals surface area contributed by atoms with Gasteiger partial charge in [-0.05, 0) is 43.9 Å². The lowest BCUT2D eigenvalue weighted by molar-refractivity contribution is -0.141. The van der Waals surface area contributed by atoms with Crippen molar-refractivity contribution >= 4 is 22.8 Å². The molecule has 1 aliphatic heterocycles. The molecule has 0 N–H and O–H groups in total. The number of carbonyl (C=O) groups excluding carboxylic acids is 2. The fourth-order valence-electron chi connectivity index (χ4n) is 3.33. The first-order chi connectivity index (χ1) is 11.0. The monoisotopic (exact) mass is 314 g/mol. The summed E-state index contributed by atoms with van der Waals surface area (Å²) in [6.45, 7) is 2.85. The number of hydrogen-bond acceptors (Lipinski definition) is 3. The molecule has 0 fully saturated rings. The Balaban J connectivity index is 2.28. The number of amides is 1. The van der Waals surface area contributed by atoms with Gasteiger partial charge in [0.05, 0.1) is 7.11 Å². The summed E-state index contributed by atoms with van der Waals surface area (Å²) >= 11 is 0. The van der Waals surface area contributed by atoms with Crippen LogP contribution >= 0.6 is 0 Å². The number of ether oxygens (including phenoxy) is 1. The fourth-order valence-corrected chi connectivity index (χ4v) is 3.33. The average molecular weight is 314 g/mol. The van der Waals surface area contributed by atoms with Crippen molar-refractivity contribution in [3.63, 3.8) is 0 Å². The van der Waals surface area contributed by atoms with E-state index in [2.05, 4.69) is 6.07 Å². The van der Waals surface area contributed by atoms with Gasteiger partial charge in [0.15, 0.2) is 0 Å². The van der Waals surface area contributed by atoms with Crippen LogP contribution in [0.4, 0.5) is 0 Å². The maximum Gasteiger partial charge on any atom is 0.325 e. The molecular formula is C18H22N2O3. The lowest BCUT2D eigenvalue weighted by Crippen LogP contribution is -2.32. The molecule has 1 amide bonds. The van der Waals surface area contributed by atoms with Crippen LogP contribution in [-0.4, -0.2) is 42.0 Å². The minimum absolute atomic E-state index is 0.0162. The molecule has 0 atom stereocenters. The number of benzene rings is 1. The molecule has 2 heterocycles. The molecule has 1 aliphatic rings. The summed E-state index contributed by atoms with van der Waals surface area (Å²) in [6.07, 6.45) is 2.90. The second-order valence-corrected chi connectivity index (χ2v) is 6.19. The minimum atomic E-state index is -0.345. The minimum Gasteiger partial charge on any atom is -0.468 e. The molecule has 0 spiro atoms. The van der Waals surface area contributed by atoms with E-state index >= 15 is 0 Å². The Kier molecular flexibility index (Phi) is 4.11. The Hall–Kier alpha value is -2.30. The third-order valence-electron chi connectivity index (χ3n) is 4.56. The van der Waals surface area contributed by atoms with Crippen LogP contribution < -0.4 is 0 Å². The molecule has 0 unspecified atom stereocenters. The molecule has 1 aromatic carbocycles. The Morgan fingerprint density at radius 1 is 1.30 bits per heavy atom. The van der Waals surface area contributed by atoms with Gasteiger partial charge in [0.2, 0.25) is 0 Å². The number of nitrogens with zero attached hydrogens (tertiary/aromatic N) is 2. The van der Waals surface area contributed by atoms with Gasteiger partial charge in [-0.2, -0.15) is 0 Å². The Morgan fingerprint density at radius 3 is 2.83 bits per heavy atom. The lowest BCUT2D eigenvalue weighted by Gasteiger charge is -2.22. The molecule has 0 bridgehead atoms. The zero-order valence-corrected chi connectivity index (χ0v) is 13.9. The highest BCUT2D eigenvalue weighted by Gasteiger charge is 2.27. The molecule has 122 valence electrons. The van der Waals surface area contributed by atoms with Crippen molar-refractivity contribution in [3.05, 3.63) is 35.0 Å². The Bertz CT molecular complexity index is 776. The number of fused-ring (bicyclic) bond motifs is 3. The summed E-state index contributed by atoms with van der Waals surface area (Å²) < 4.78 is 6.64. The molecule has 0 radical (unpaired) electrons. The quantitative estimate of drug-likeness (QED) is 0.800. The van der Waals surface area contributed by atoms with Gasteiger partial charge < -0.3 is 14.2 Å². The van der Waals surface area contributed by atoms with Crippen LogP contribution in [0.3, 0.4) is 0 Å². The van der Waals surface area contributed by atoms with Crippen LogP contribution in [0.25, 0.3) is 10.9 Å². The Morgan fingerprint density at radius 2 is 2.09 bits per heavy atom. The van der Waals surface area contributed by atoms with E-state index in [1.807, 2.05) is 30.7 Å². The predicted molar refractivity (Wildman–Crippen MR) is 88.6 cm³/mol. The highest BCUT2D eigenvalue weighted by molar-refractivity contribution is 6.02.